The molecule has 0 saturated heterocycles. The van der Waals surface area contributed by atoms with Crippen molar-refractivity contribution in [1.82, 2.24) is 10.2 Å². The second-order valence-corrected chi connectivity index (χ2v) is 6.74. The fourth-order valence-corrected chi connectivity index (χ4v) is 3.38. The van der Waals surface area contributed by atoms with E-state index in [0.29, 0.717) is 11.4 Å². The number of nitrogens with one attached hydrogen (secondary N) is 1. The van der Waals surface area contributed by atoms with Gasteiger partial charge < -0.3 is 5.32 Å². The third-order valence-electron chi connectivity index (χ3n) is 4.44. The summed E-state index contributed by atoms with van der Waals surface area (Å²) in [6.45, 7) is 3.86. The molecule has 4 heteroatoms. The van der Waals surface area contributed by atoms with Crippen LogP contribution < -0.4 is 5.32 Å². The number of amides is 1. The number of hydrogen-bond acceptors (Lipinski definition) is 2. The average Bonchev–Trinajstić information content (AvgIpc) is 2.58. The summed E-state index contributed by atoms with van der Waals surface area (Å²) in [5.74, 6) is 0.0567. The van der Waals surface area contributed by atoms with Crippen LogP contribution in [0.3, 0.4) is 0 Å². The first-order valence-corrected chi connectivity index (χ1v) is 8.89. The van der Waals surface area contributed by atoms with Crippen LogP contribution in [0, 0.1) is 0 Å². The molecule has 1 heterocycles. The van der Waals surface area contributed by atoms with Gasteiger partial charge in [0.15, 0.2) is 0 Å². The molecule has 1 aliphatic rings. The highest BCUT2D eigenvalue weighted by Crippen LogP contribution is 2.18. The number of halogens is 1. The molecule has 1 N–H and O–H groups in total. The lowest BCUT2D eigenvalue weighted by atomic mass is 10.00. The van der Waals surface area contributed by atoms with Gasteiger partial charge in [-0.05, 0) is 41.7 Å². The molecule has 0 radical (unpaired) electrons. The predicted octanol–water partition coefficient (Wildman–Crippen LogP) is 3.45. The van der Waals surface area contributed by atoms with E-state index < -0.39 is 0 Å². The lowest BCUT2D eigenvalue weighted by Crippen LogP contribution is -2.34. The Morgan fingerprint density at radius 3 is 2.79 bits per heavy atom. The molecule has 1 amide bonds. The number of hydrogen-bond donors (Lipinski definition) is 1. The SMILES string of the molecule is O=C(Cc1cccc(Cl)c1)NCCCN1CCc2ccccc2C1. The lowest BCUT2D eigenvalue weighted by Gasteiger charge is -2.28. The van der Waals surface area contributed by atoms with Crippen molar-refractivity contribution in [2.24, 2.45) is 0 Å². The van der Waals surface area contributed by atoms with Gasteiger partial charge in [0.1, 0.15) is 0 Å². The van der Waals surface area contributed by atoms with E-state index in [1.54, 1.807) is 0 Å². The van der Waals surface area contributed by atoms with Gasteiger partial charge in [-0.25, -0.2) is 0 Å². The maximum absolute atomic E-state index is 12.0. The fourth-order valence-electron chi connectivity index (χ4n) is 3.17. The van der Waals surface area contributed by atoms with Crippen LogP contribution in [0.5, 0.6) is 0 Å². The lowest BCUT2D eigenvalue weighted by molar-refractivity contribution is -0.120. The molecule has 2 aromatic rings. The molecule has 1 aliphatic heterocycles. The molecule has 0 bridgehead atoms. The van der Waals surface area contributed by atoms with E-state index in [0.717, 1.165) is 44.6 Å². The maximum Gasteiger partial charge on any atom is 0.224 e. The van der Waals surface area contributed by atoms with Crippen molar-refractivity contribution in [3.05, 3.63) is 70.2 Å². The summed E-state index contributed by atoms with van der Waals surface area (Å²) in [6.07, 6.45) is 2.48. The number of carbonyl (C=O) groups is 1. The van der Waals surface area contributed by atoms with E-state index in [1.807, 2.05) is 24.3 Å². The van der Waals surface area contributed by atoms with E-state index >= 15 is 0 Å². The van der Waals surface area contributed by atoms with E-state index in [2.05, 4.69) is 34.5 Å². The minimum Gasteiger partial charge on any atom is -0.356 e. The molecule has 3 nitrogen and oxygen atoms in total. The van der Waals surface area contributed by atoms with E-state index in [-0.39, 0.29) is 5.91 Å². The summed E-state index contributed by atoms with van der Waals surface area (Å²) in [6, 6.07) is 16.1. The fraction of sp³-hybridized carbons (Fsp3) is 0.350. The summed E-state index contributed by atoms with van der Waals surface area (Å²) in [4.78, 5) is 14.4. The second kappa shape index (κ2) is 8.32. The van der Waals surface area contributed by atoms with Gasteiger partial charge in [0, 0.05) is 31.2 Å². The largest absolute Gasteiger partial charge is 0.356 e. The third kappa shape index (κ3) is 4.83. The molecule has 3 rings (SSSR count). The summed E-state index contributed by atoms with van der Waals surface area (Å²) in [5, 5.41) is 3.67. The predicted molar refractivity (Wildman–Crippen MR) is 98.2 cm³/mol. The smallest absolute Gasteiger partial charge is 0.224 e. The topological polar surface area (TPSA) is 32.3 Å². The first-order chi connectivity index (χ1) is 11.7. The van der Waals surface area contributed by atoms with Gasteiger partial charge in [0.2, 0.25) is 5.91 Å². The van der Waals surface area contributed by atoms with Gasteiger partial charge in [0.05, 0.1) is 6.42 Å². The molecular weight excluding hydrogens is 320 g/mol. The van der Waals surface area contributed by atoms with Crippen LogP contribution >= 0.6 is 11.6 Å². The van der Waals surface area contributed by atoms with Crippen LogP contribution in [0.1, 0.15) is 23.1 Å². The van der Waals surface area contributed by atoms with Crippen molar-refractivity contribution in [3.8, 4) is 0 Å². The van der Waals surface area contributed by atoms with Crippen LogP contribution in [0.15, 0.2) is 48.5 Å². The van der Waals surface area contributed by atoms with Crippen molar-refractivity contribution in [2.45, 2.75) is 25.8 Å². The van der Waals surface area contributed by atoms with Crippen LogP contribution in [0.25, 0.3) is 0 Å². The van der Waals surface area contributed by atoms with E-state index in [1.165, 1.54) is 11.1 Å². The Morgan fingerprint density at radius 1 is 1.12 bits per heavy atom. The minimum absolute atomic E-state index is 0.0567. The zero-order valence-electron chi connectivity index (χ0n) is 13.8. The highest BCUT2D eigenvalue weighted by Gasteiger charge is 2.14. The minimum atomic E-state index is 0.0567. The Kier molecular flexibility index (Phi) is 5.89. The monoisotopic (exact) mass is 342 g/mol. The summed E-state index contributed by atoms with van der Waals surface area (Å²) < 4.78 is 0. The van der Waals surface area contributed by atoms with Crippen LogP contribution in [-0.2, 0) is 24.2 Å². The van der Waals surface area contributed by atoms with Gasteiger partial charge in [-0.15, -0.1) is 0 Å². The number of fused-ring (bicyclic) bond motifs is 1. The van der Waals surface area contributed by atoms with Crippen molar-refractivity contribution < 1.29 is 4.79 Å². The second-order valence-electron chi connectivity index (χ2n) is 6.31. The van der Waals surface area contributed by atoms with Crippen molar-refractivity contribution in [3.63, 3.8) is 0 Å². The van der Waals surface area contributed by atoms with Gasteiger partial charge in [0.25, 0.3) is 0 Å². The molecule has 0 atom stereocenters. The number of rotatable bonds is 6. The molecule has 0 aromatic heterocycles. The van der Waals surface area contributed by atoms with Crippen LogP contribution in [0.2, 0.25) is 5.02 Å². The van der Waals surface area contributed by atoms with Crippen molar-refractivity contribution in [1.29, 1.82) is 0 Å². The Morgan fingerprint density at radius 2 is 1.96 bits per heavy atom. The third-order valence-corrected chi connectivity index (χ3v) is 4.67. The van der Waals surface area contributed by atoms with Gasteiger partial charge in [-0.2, -0.15) is 0 Å². The summed E-state index contributed by atoms with van der Waals surface area (Å²) in [7, 11) is 0. The Labute approximate surface area is 148 Å². The first kappa shape index (κ1) is 17.0. The molecule has 0 aliphatic carbocycles. The Balaban J connectivity index is 1.36. The molecule has 0 saturated carbocycles. The molecule has 24 heavy (non-hydrogen) atoms. The van der Waals surface area contributed by atoms with Crippen LogP contribution in [0.4, 0.5) is 0 Å². The molecular formula is C20H23ClN2O. The zero-order chi connectivity index (χ0) is 16.8. The molecule has 126 valence electrons. The normalized spacial score (nSPS) is 14.2. The highest BCUT2D eigenvalue weighted by molar-refractivity contribution is 6.30. The quantitative estimate of drug-likeness (QED) is 0.815. The van der Waals surface area contributed by atoms with Crippen molar-refractivity contribution in [2.75, 3.05) is 19.6 Å². The van der Waals surface area contributed by atoms with E-state index in [4.69, 9.17) is 11.6 Å². The first-order valence-electron chi connectivity index (χ1n) is 8.51. The molecule has 0 spiro atoms. The number of nitrogens with zero attached hydrogens (tertiary/aromatic N) is 1. The maximum atomic E-state index is 12.0. The number of carbonyl (C=O) groups excluding carboxylic acids is 1. The van der Waals surface area contributed by atoms with Crippen LogP contribution in [-0.4, -0.2) is 30.4 Å². The number of benzene rings is 2. The summed E-state index contributed by atoms with van der Waals surface area (Å²) in [5.41, 5.74) is 3.87. The standard InChI is InChI=1S/C20H23ClN2O/c21-19-8-3-5-16(13-19)14-20(24)22-10-4-11-23-12-9-17-6-1-2-7-18(17)15-23/h1-3,5-8,13H,4,9-12,14-15H2,(H,22,24). The van der Waals surface area contributed by atoms with Gasteiger partial charge in [-0.1, -0.05) is 48.0 Å². The van der Waals surface area contributed by atoms with Gasteiger partial charge in [-0.3, -0.25) is 9.69 Å². The molecule has 0 fully saturated rings. The average molecular weight is 343 g/mol. The highest BCUT2D eigenvalue weighted by atomic mass is 35.5. The zero-order valence-corrected chi connectivity index (χ0v) is 14.6. The Bertz CT molecular complexity index is 702. The summed E-state index contributed by atoms with van der Waals surface area (Å²) >= 11 is 5.94. The molecule has 0 unspecified atom stereocenters. The molecule has 2 aromatic carbocycles. The Hall–Kier alpha value is -1.84. The van der Waals surface area contributed by atoms with Gasteiger partial charge >= 0.3 is 0 Å². The van der Waals surface area contributed by atoms with Crippen molar-refractivity contribution >= 4 is 17.5 Å². The van der Waals surface area contributed by atoms with E-state index in [9.17, 15) is 4.79 Å².